The lowest BCUT2D eigenvalue weighted by molar-refractivity contribution is 0.414. The molecule has 0 saturated carbocycles. The maximum absolute atomic E-state index is 5.14. The van der Waals surface area contributed by atoms with Crippen LogP contribution in [0.1, 0.15) is 36.0 Å². The first-order valence-corrected chi connectivity index (χ1v) is 6.64. The summed E-state index contributed by atoms with van der Waals surface area (Å²) in [6.45, 7) is 4.35. The maximum atomic E-state index is 5.14. The molecule has 3 heteroatoms. The smallest absolute Gasteiger partial charge is 0.118 e. The third-order valence-electron chi connectivity index (χ3n) is 2.61. The number of rotatable bonds is 4. The van der Waals surface area contributed by atoms with Gasteiger partial charge in [-0.2, -0.15) is 0 Å². The van der Waals surface area contributed by atoms with Crippen molar-refractivity contribution in [2.75, 3.05) is 7.11 Å². The summed E-state index contributed by atoms with van der Waals surface area (Å²) in [6, 6.07) is 8.16. The molecular formula is C14H17NOS. The molecule has 2 nitrogen and oxygen atoms in total. The molecule has 1 aromatic carbocycles. The highest BCUT2D eigenvalue weighted by Gasteiger charge is 2.06. The summed E-state index contributed by atoms with van der Waals surface area (Å²) in [6.07, 6.45) is 0.896. The third-order valence-corrected chi connectivity index (χ3v) is 3.80. The van der Waals surface area contributed by atoms with Gasteiger partial charge in [-0.05, 0) is 17.7 Å². The molecule has 2 aromatic rings. The van der Waals surface area contributed by atoms with E-state index < -0.39 is 0 Å². The lowest BCUT2D eigenvalue weighted by atomic mass is 10.1. The molecule has 0 unspecified atom stereocenters. The highest BCUT2D eigenvalue weighted by Crippen LogP contribution is 2.21. The van der Waals surface area contributed by atoms with Gasteiger partial charge in [0, 0.05) is 17.7 Å². The van der Waals surface area contributed by atoms with Crippen LogP contribution in [0.15, 0.2) is 29.6 Å². The quantitative estimate of drug-likeness (QED) is 0.818. The molecule has 17 heavy (non-hydrogen) atoms. The molecule has 0 N–H and O–H groups in total. The average Bonchev–Trinajstić information content (AvgIpc) is 2.79. The van der Waals surface area contributed by atoms with E-state index in [2.05, 4.69) is 36.3 Å². The Kier molecular flexibility index (Phi) is 3.79. The van der Waals surface area contributed by atoms with E-state index in [4.69, 9.17) is 4.74 Å². The van der Waals surface area contributed by atoms with E-state index in [1.807, 2.05) is 12.1 Å². The number of benzene rings is 1. The number of ether oxygens (including phenoxy) is 1. The fourth-order valence-electron chi connectivity index (χ4n) is 1.62. The Balaban J connectivity index is 2.08. The Morgan fingerprint density at radius 2 is 1.94 bits per heavy atom. The number of hydrogen-bond acceptors (Lipinski definition) is 3. The van der Waals surface area contributed by atoms with Gasteiger partial charge in [-0.15, -0.1) is 11.3 Å². The average molecular weight is 247 g/mol. The normalized spacial score (nSPS) is 10.8. The van der Waals surface area contributed by atoms with Crippen LogP contribution in [0.5, 0.6) is 5.75 Å². The second-order valence-corrected chi connectivity index (χ2v) is 5.25. The first kappa shape index (κ1) is 12.1. The highest BCUT2D eigenvalue weighted by molar-refractivity contribution is 7.09. The van der Waals surface area contributed by atoms with Crippen molar-refractivity contribution in [1.29, 1.82) is 0 Å². The minimum atomic E-state index is 0.518. The van der Waals surface area contributed by atoms with E-state index >= 15 is 0 Å². The van der Waals surface area contributed by atoms with Gasteiger partial charge in [0.05, 0.1) is 17.8 Å². The van der Waals surface area contributed by atoms with E-state index in [-0.39, 0.29) is 0 Å². The van der Waals surface area contributed by atoms with Gasteiger partial charge in [-0.25, -0.2) is 4.98 Å². The molecule has 0 aliphatic rings. The first-order valence-electron chi connectivity index (χ1n) is 5.76. The molecular weight excluding hydrogens is 230 g/mol. The molecule has 90 valence electrons. The third kappa shape index (κ3) is 3.07. The first-order chi connectivity index (χ1) is 8.19. The van der Waals surface area contributed by atoms with Crippen molar-refractivity contribution in [3.8, 4) is 5.75 Å². The van der Waals surface area contributed by atoms with Crippen molar-refractivity contribution >= 4 is 11.3 Å². The molecule has 0 radical (unpaired) electrons. The van der Waals surface area contributed by atoms with Gasteiger partial charge in [-0.1, -0.05) is 26.0 Å². The number of methoxy groups -OCH3 is 1. The van der Waals surface area contributed by atoms with Gasteiger partial charge in [0.2, 0.25) is 0 Å². The Morgan fingerprint density at radius 3 is 2.47 bits per heavy atom. The van der Waals surface area contributed by atoms with Gasteiger partial charge in [0.1, 0.15) is 5.75 Å². The van der Waals surface area contributed by atoms with E-state index in [0.717, 1.165) is 17.9 Å². The van der Waals surface area contributed by atoms with Crippen LogP contribution in [0.2, 0.25) is 0 Å². The molecule has 0 bridgehead atoms. The zero-order valence-electron chi connectivity index (χ0n) is 10.4. The molecule has 0 aliphatic heterocycles. The van der Waals surface area contributed by atoms with Gasteiger partial charge >= 0.3 is 0 Å². The van der Waals surface area contributed by atoms with Gasteiger partial charge in [0.25, 0.3) is 0 Å². The van der Waals surface area contributed by atoms with Crippen molar-refractivity contribution in [2.45, 2.75) is 26.2 Å². The Bertz CT molecular complexity index is 473. The van der Waals surface area contributed by atoms with E-state index in [9.17, 15) is 0 Å². The molecule has 0 saturated heterocycles. The highest BCUT2D eigenvalue weighted by atomic mass is 32.1. The zero-order valence-corrected chi connectivity index (χ0v) is 11.3. The van der Waals surface area contributed by atoms with Crippen LogP contribution in [0, 0.1) is 0 Å². The second-order valence-electron chi connectivity index (χ2n) is 4.36. The molecule has 0 amide bonds. The predicted octanol–water partition coefficient (Wildman–Crippen LogP) is 3.87. The topological polar surface area (TPSA) is 22.1 Å². The minimum absolute atomic E-state index is 0.518. The van der Waals surface area contributed by atoms with Crippen LogP contribution in [0.4, 0.5) is 0 Å². The SMILES string of the molecule is COc1ccc(Cc2csc(C(C)C)n2)cc1. The fourth-order valence-corrected chi connectivity index (χ4v) is 2.46. The largest absolute Gasteiger partial charge is 0.497 e. The minimum Gasteiger partial charge on any atom is -0.497 e. The lowest BCUT2D eigenvalue weighted by Crippen LogP contribution is -1.91. The van der Waals surface area contributed by atoms with Gasteiger partial charge in [0.15, 0.2) is 0 Å². The van der Waals surface area contributed by atoms with Crippen molar-refractivity contribution in [1.82, 2.24) is 4.98 Å². The Morgan fingerprint density at radius 1 is 1.24 bits per heavy atom. The van der Waals surface area contributed by atoms with Crippen LogP contribution in [-0.2, 0) is 6.42 Å². The molecule has 0 atom stereocenters. The summed E-state index contributed by atoms with van der Waals surface area (Å²) >= 11 is 1.75. The van der Waals surface area contributed by atoms with Gasteiger partial charge < -0.3 is 4.74 Å². The monoisotopic (exact) mass is 247 g/mol. The summed E-state index contributed by atoms with van der Waals surface area (Å²) in [5.74, 6) is 1.42. The number of nitrogens with zero attached hydrogens (tertiary/aromatic N) is 1. The van der Waals surface area contributed by atoms with E-state index in [1.165, 1.54) is 10.6 Å². The summed E-state index contributed by atoms with van der Waals surface area (Å²) in [7, 11) is 1.68. The molecule has 1 heterocycles. The lowest BCUT2D eigenvalue weighted by Gasteiger charge is -2.02. The second kappa shape index (κ2) is 5.32. The van der Waals surface area contributed by atoms with Crippen LogP contribution in [-0.4, -0.2) is 12.1 Å². The number of hydrogen-bond donors (Lipinski definition) is 0. The van der Waals surface area contributed by atoms with Crippen molar-refractivity contribution in [3.63, 3.8) is 0 Å². The molecule has 2 rings (SSSR count). The summed E-state index contributed by atoms with van der Waals surface area (Å²) in [5, 5.41) is 3.37. The maximum Gasteiger partial charge on any atom is 0.118 e. The number of aromatic nitrogens is 1. The standard InChI is InChI=1S/C14H17NOS/c1-10(2)14-15-12(9-17-14)8-11-4-6-13(16-3)7-5-11/h4-7,9-10H,8H2,1-3H3. The molecule has 0 fully saturated rings. The Labute approximate surface area is 106 Å². The van der Waals surface area contributed by atoms with Crippen molar-refractivity contribution < 1.29 is 4.74 Å². The molecule has 1 aromatic heterocycles. The van der Waals surface area contributed by atoms with E-state index in [0.29, 0.717) is 5.92 Å². The summed E-state index contributed by atoms with van der Waals surface area (Å²) < 4.78 is 5.14. The zero-order chi connectivity index (χ0) is 12.3. The number of thiazole rings is 1. The van der Waals surface area contributed by atoms with Crippen LogP contribution in [0.3, 0.4) is 0 Å². The van der Waals surface area contributed by atoms with E-state index in [1.54, 1.807) is 18.4 Å². The van der Waals surface area contributed by atoms with Gasteiger partial charge in [-0.3, -0.25) is 0 Å². The predicted molar refractivity (Wildman–Crippen MR) is 72.0 cm³/mol. The van der Waals surface area contributed by atoms with Crippen LogP contribution in [0.25, 0.3) is 0 Å². The van der Waals surface area contributed by atoms with Crippen molar-refractivity contribution in [2.24, 2.45) is 0 Å². The van der Waals surface area contributed by atoms with Crippen LogP contribution >= 0.6 is 11.3 Å². The summed E-state index contributed by atoms with van der Waals surface area (Å²) in [4.78, 5) is 4.63. The molecule has 0 spiro atoms. The summed E-state index contributed by atoms with van der Waals surface area (Å²) in [5.41, 5.74) is 2.43. The van der Waals surface area contributed by atoms with Crippen LogP contribution < -0.4 is 4.74 Å². The molecule has 0 aliphatic carbocycles. The Hall–Kier alpha value is -1.35. The fraction of sp³-hybridized carbons (Fsp3) is 0.357. The van der Waals surface area contributed by atoms with Crippen molar-refractivity contribution in [3.05, 3.63) is 45.9 Å².